The van der Waals surface area contributed by atoms with Crippen LogP contribution < -0.4 is 5.32 Å². The van der Waals surface area contributed by atoms with Crippen molar-refractivity contribution in [2.75, 3.05) is 6.54 Å². The highest BCUT2D eigenvalue weighted by Gasteiger charge is 2.21. The van der Waals surface area contributed by atoms with Crippen LogP contribution in [0.25, 0.3) is 10.9 Å². The van der Waals surface area contributed by atoms with E-state index in [1.165, 1.54) is 16.5 Å². The summed E-state index contributed by atoms with van der Waals surface area (Å²) < 4.78 is 5.77. The number of para-hydroxylation sites is 1. The minimum Gasteiger partial charge on any atom is -0.364 e. The van der Waals surface area contributed by atoms with Gasteiger partial charge in [-0.15, -0.1) is 0 Å². The van der Waals surface area contributed by atoms with Gasteiger partial charge in [0, 0.05) is 29.6 Å². The molecule has 1 amide bonds. The number of ether oxygens (including phenoxy) is 1. The first-order valence-electron chi connectivity index (χ1n) is 10.3. The predicted molar refractivity (Wildman–Crippen MR) is 120 cm³/mol. The molecule has 4 nitrogen and oxygen atoms in total. The number of aromatic amines is 1. The second-order valence-electron chi connectivity index (χ2n) is 7.44. The predicted octanol–water partition coefficient (Wildman–Crippen LogP) is 5.02. The van der Waals surface area contributed by atoms with Crippen molar-refractivity contribution in [3.8, 4) is 0 Å². The van der Waals surface area contributed by atoms with Gasteiger partial charge in [-0.05, 0) is 29.7 Å². The molecule has 152 valence electrons. The van der Waals surface area contributed by atoms with Gasteiger partial charge >= 0.3 is 0 Å². The van der Waals surface area contributed by atoms with Gasteiger partial charge in [-0.25, -0.2) is 0 Å². The van der Waals surface area contributed by atoms with E-state index in [1.54, 1.807) is 6.92 Å². The molecule has 4 aromatic rings. The first-order chi connectivity index (χ1) is 14.7. The van der Waals surface area contributed by atoms with Crippen molar-refractivity contribution in [2.45, 2.75) is 25.6 Å². The third kappa shape index (κ3) is 4.61. The summed E-state index contributed by atoms with van der Waals surface area (Å²) in [7, 11) is 0. The largest absolute Gasteiger partial charge is 0.364 e. The lowest BCUT2D eigenvalue weighted by molar-refractivity contribution is -0.132. The molecule has 0 saturated heterocycles. The first-order valence-corrected chi connectivity index (χ1v) is 10.3. The molecule has 0 radical (unpaired) electrons. The fourth-order valence-electron chi connectivity index (χ4n) is 3.69. The summed E-state index contributed by atoms with van der Waals surface area (Å²) in [5, 5.41) is 4.27. The Hall–Kier alpha value is -3.37. The Morgan fingerprint density at radius 3 is 2.37 bits per heavy atom. The molecule has 0 fully saturated rings. The molecule has 2 atom stereocenters. The van der Waals surface area contributed by atoms with Gasteiger partial charge in [0.1, 0.15) is 6.10 Å². The number of hydrogen-bond acceptors (Lipinski definition) is 2. The zero-order valence-corrected chi connectivity index (χ0v) is 17.0. The zero-order chi connectivity index (χ0) is 20.8. The number of hydrogen-bond donors (Lipinski definition) is 2. The van der Waals surface area contributed by atoms with E-state index in [9.17, 15) is 4.79 Å². The fourth-order valence-corrected chi connectivity index (χ4v) is 3.69. The van der Waals surface area contributed by atoms with Gasteiger partial charge in [0.05, 0.1) is 6.61 Å². The molecular weight excluding hydrogens is 372 g/mol. The monoisotopic (exact) mass is 398 g/mol. The van der Waals surface area contributed by atoms with Crippen LogP contribution in [0.1, 0.15) is 29.5 Å². The van der Waals surface area contributed by atoms with Crippen molar-refractivity contribution < 1.29 is 9.53 Å². The van der Waals surface area contributed by atoms with Gasteiger partial charge in [0.2, 0.25) is 5.91 Å². The third-order valence-electron chi connectivity index (χ3n) is 5.39. The smallest absolute Gasteiger partial charge is 0.248 e. The number of H-pyrrole nitrogens is 1. The molecule has 0 aliphatic heterocycles. The van der Waals surface area contributed by atoms with Crippen LogP contribution in [0.2, 0.25) is 0 Å². The summed E-state index contributed by atoms with van der Waals surface area (Å²) in [6, 6.07) is 28.4. The highest BCUT2D eigenvalue weighted by molar-refractivity contribution is 5.84. The molecule has 4 rings (SSSR count). The van der Waals surface area contributed by atoms with Crippen LogP contribution in [0.3, 0.4) is 0 Å². The highest BCUT2D eigenvalue weighted by atomic mass is 16.5. The number of benzene rings is 3. The van der Waals surface area contributed by atoms with E-state index in [0.717, 1.165) is 11.1 Å². The Balaban J connectivity index is 1.46. The summed E-state index contributed by atoms with van der Waals surface area (Å²) in [6.07, 6.45) is 1.52. The maximum Gasteiger partial charge on any atom is 0.248 e. The molecular formula is C26H26N2O2. The van der Waals surface area contributed by atoms with Gasteiger partial charge in [-0.2, -0.15) is 0 Å². The topological polar surface area (TPSA) is 54.1 Å². The van der Waals surface area contributed by atoms with Gasteiger partial charge in [-0.3, -0.25) is 4.79 Å². The second-order valence-corrected chi connectivity index (χ2v) is 7.44. The zero-order valence-electron chi connectivity index (χ0n) is 17.0. The van der Waals surface area contributed by atoms with Crippen LogP contribution in [0.4, 0.5) is 0 Å². The maximum absolute atomic E-state index is 12.7. The second kappa shape index (κ2) is 9.42. The fraction of sp³-hybridized carbons (Fsp3) is 0.192. The lowest BCUT2D eigenvalue weighted by atomic mass is 9.91. The normalized spacial score (nSPS) is 13.1. The number of carbonyl (C=O) groups excluding carboxylic acids is 1. The molecule has 3 aromatic carbocycles. The molecule has 4 heteroatoms. The SMILES string of the molecule is CC(OCc1ccccc1)C(=O)NCC(c1ccccc1)c1c[nH]c2ccccc12. The van der Waals surface area contributed by atoms with Crippen molar-refractivity contribution in [1.82, 2.24) is 10.3 Å². The average molecular weight is 399 g/mol. The van der Waals surface area contributed by atoms with E-state index in [2.05, 4.69) is 34.6 Å². The molecule has 0 saturated carbocycles. The number of aromatic nitrogens is 1. The van der Waals surface area contributed by atoms with Gasteiger partial charge in [0.25, 0.3) is 0 Å². The van der Waals surface area contributed by atoms with Crippen LogP contribution in [-0.2, 0) is 16.1 Å². The molecule has 0 spiro atoms. The summed E-state index contributed by atoms with van der Waals surface area (Å²) >= 11 is 0. The quantitative estimate of drug-likeness (QED) is 0.438. The molecule has 2 unspecified atom stereocenters. The lowest BCUT2D eigenvalue weighted by Crippen LogP contribution is -2.37. The van der Waals surface area contributed by atoms with Crippen molar-refractivity contribution in [3.63, 3.8) is 0 Å². The van der Waals surface area contributed by atoms with Crippen molar-refractivity contribution in [1.29, 1.82) is 0 Å². The highest BCUT2D eigenvalue weighted by Crippen LogP contribution is 2.30. The van der Waals surface area contributed by atoms with Crippen molar-refractivity contribution >= 4 is 16.8 Å². The van der Waals surface area contributed by atoms with E-state index in [0.29, 0.717) is 13.2 Å². The van der Waals surface area contributed by atoms with Gasteiger partial charge in [0.15, 0.2) is 0 Å². The summed E-state index contributed by atoms with van der Waals surface area (Å²) in [5.41, 5.74) is 4.49. The van der Waals surface area contributed by atoms with E-state index in [1.807, 2.05) is 66.9 Å². The Kier molecular flexibility index (Phi) is 6.26. The summed E-state index contributed by atoms with van der Waals surface area (Å²) in [6.45, 7) is 2.71. The van der Waals surface area contributed by atoms with E-state index >= 15 is 0 Å². The summed E-state index contributed by atoms with van der Waals surface area (Å²) in [4.78, 5) is 16.0. The standard InChI is InChI=1S/C26H26N2O2/c1-19(30-18-20-10-4-2-5-11-20)26(29)28-16-23(21-12-6-3-7-13-21)24-17-27-25-15-9-8-14-22(24)25/h2-15,17,19,23,27H,16,18H2,1H3,(H,28,29). The average Bonchev–Trinajstić information content (AvgIpc) is 3.23. The minimum absolute atomic E-state index is 0.0487. The number of nitrogens with one attached hydrogen (secondary N) is 2. The molecule has 0 bridgehead atoms. The van der Waals surface area contributed by atoms with Crippen LogP contribution in [-0.4, -0.2) is 23.5 Å². The number of fused-ring (bicyclic) bond motifs is 1. The molecule has 0 aliphatic carbocycles. The van der Waals surface area contributed by atoms with E-state index < -0.39 is 6.10 Å². The Labute approximate surface area is 176 Å². The van der Waals surface area contributed by atoms with Crippen LogP contribution in [0.5, 0.6) is 0 Å². The molecule has 1 heterocycles. The first kappa shape index (κ1) is 19.9. The van der Waals surface area contributed by atoms with Gasteiger partial charge < -0.3 is 15.0 Å². The Morgan fingerprint density at radius 2 is 1.60 bits per heavy atom. The molecule has 1 aromatic heterocycles. The van der Waals surface area contributed by atoms with E-state index in [4.69, 9.17) is 4.74 Å². The number of amides is 1. The van der Waals surface area contributed by atoms with Gasteiger partial charge in [-0.1, -0.05) is 78.9 Å². The van der Waals surface area contributed by atoms with E-state index in [-0.39, 0.29) is 11.8 Å². The summed E-state index contributed by atoms with van der Waals surface area (Å²) in [5.74, 6) is -0.0562. The van der Waals surface area contributed by atoms with Crippen molar-refractivity contribution in [3.05, 3.63) is 108 Å². The third-order valence-corrected chi connectivity index (χ3v) is 5.39. The maximum atomic E-state index is 12.7. The number of carbonyl (C=O) groups is 1. The van der Waals surface area contributed by atoms with Crippen LogP contribution in [0.15, 0.2) is 91.1 Å². The molecule has 30 heavy (non-hydrogen) atoms. The van der Waals surface area contributed by atoms with Crippen LogP contribution >= 0.6 is 0 Å². The Bertz CT molecular complexity index is 1090. The molecule has 0 aliphatic rings. The molecule has 2 N–H and O–H groups in total. The lowest BCUT2D eigenvalue weighted by Gasteiger charge is -2.20. The Morgan fingerprint density at radius 1 is 0.933 bits per heavy atom. The number of rotatable bonds is 8. The van der Waals surface area contributed by atoms with Crippen molar-refractivity contribution in [2.24, 2.45) is 0 Å². The van der Waals surface area contributed by atoms with Crippen LogP contribution in [0, 0.1) is 0 Å². The minimum atomic E-state index is -0.524.